The normalized spacial score (nSPS) is 12.1. The number of hydrogen-bond donors (Lipinski definition) is 0. The van der Waals surface area contributed by atoms with Gasteiger partial charge in [0.25, 0.3) is 0 Å². The van der Waals surface area contributed by atoms with Crippen LogP contribution < -0.4 is 9.64 Å². The Morgan fingerprint density at radius 2 is 0.848 bits per heavy atom. The summed E-state index contributed by atoms with van der Waals surface area (Å²) < 4.78 is 6.17. The van der Waals surface area contributed by atoms with Crippen molar-refractivity contribution in [2.24, 2.45) is 0 Å². The average molecular weight is 426 g/mol. The summed E-state index contributed by atoms with van der Waals surface area (Å²) in [5.41, 5.74) is 7.06. The quantitative estimate of drug-likeness (QED) is 0.263. The fourth-order valence-electron chi connectivity index (χ4n) is 4.67. The maximum absolute atomic E-state index is 6.17. The van der Waals surface area contributed by atoms with Crippen molar-refractivity contribution in [3.8, 4) is 11.5 Å². The number of para-hydroxylation sites is 4. The highest BCUT2D eigenvalue weighted by Crippen LogP contribution is 2.50. The van der Waals surface area contributed by atoms with Gasteiger partial charge in [-0.15, -0.1) is 0 Å². The van der Waals surface area contributed by atoms with E-state index in [4.69, 9.17) is 4.74 Å². The van der Waals surface area contributed by atoms with Gasteiger partial charge in [-0.25, -0.2) is 0 Å². The second-order valence-electron chi connectivity index (χ2n) is 8.22. The van der Waals surface area contributed by atoms with Crippen LogP contribution in [-0.4, -0.2) is 0 Å². The van der Waals surface area contributed by atoms with Crippen molar-refractivity contribution >= 4 is 17.1 Å². The molecule has 0 atom stereocenters. The van der Waals surface area contributed by atoms with Gasteiger partial charge in [-0.05, 0) is 53.1 Å². The Bertz CT molecular complexity index is 1290. The predicted molar refractivity (Wildman–Crippen MR) is 135 cm³/mol. The van der Waals surface area contributed by atoms with Gasteiger partial charge in [0.05, 0.1) is 11.4 Å². The van der Waals surface area contributed by atoms with E-state index in [0.29, 0.717) is 0 Å². The summed E-state index contributed by atoms with van der Waals surface area (Å²) in [7, 11) is 0. The molecule has 0 bridgehead atoms. The molecule has 158 valence electrons. The Labute approximate surface area is 194 Å². The largest absolute Gasteiger partial charge is 0.453 e. The van der Waals surface area contributed by atoms with E-state index in [1.807, 2.05) is 24.3 Å². The molecular weight excluding hydrogens is 402 g/mol. The number of anilines is 3. The minimum Gasteiger partial charge on any atom is -0.453 e. The molecule has 0 aromatic heterocycles. The summed E-state index contributed by atoms with van der Waals surface area (Å²) in [4.78, 5) is 2.28. The highest BCUT2D eigenvalue weighted by Gasteiger charge is 2.25. The molecule has 6 rings (SSSR count). The first-order valence-corrected chi connectivity index (χ1v) is 11.2. The van der Waals surface area contributed by atoms with E-state index < -0.39 is 0 Å². The fraction of sp³-hybridized carbons (Fsp3) is 0.0323. The molecule has 33 heavy (non-hydrogen) atoms. The zero-order chi connectivity index (χ0) is 22.0. The van der Waals surface area contributed by atoms with Crippen molar-refractivity contribution in [3.63, 3.8) is 0 Å². The standard InChI is InChI=1S/C31H23NO/c1-3-11-23(12-4-1)31(24-13-5-2-6-14-24)25-19-21-26(22-20-25)32-27-15-7-9-17-29(27)33-30-18-10-8-16-28(30)32/h1-22,31H. The van der Waals surface area contributed by atoms with E-state index in [1.165, 1.54) is 16.7 Å². The Kier molecular flexibility index (Phi) is 4.89. The lowest BCUT2D eigenvalue weighted by atomic mass is 9.85. The third kappa shape index (κ3) is 3.56. The number of ether oxygens (including phenoxy) is 1. The Hall–Kier alpha value is -4.30. The SMILES string of the molecule is c1ccc(C(c2ccccc2)c2ccc(N3c4ccccc4Oc4ccccc43)cc2)cc1. The van der Waals surface area contributed by atoms with Crippen LogP contribution in [0, 0.1) is 0 Å². The molecule has 0 N–H and O–H groups in total. The topological polar surface area (TPSA) is 12.5 Å². The van der Waals surface area contributed by atoms with Gasteiger partial charge in [0.15, 0.2) is 11.5 Å². The van der Waals surface area contributed by atoms with Crippen molar-refractivity contribution in [1.82, 2.24) is 0 Å². The van der Waals surface area contributed by atoms with E-state index >= 15 is 0 Å². The van der Waals surface area contributed by atoms with Crippen LogP contribution in [0.4, 0.5) is 17.1 Å². The first kappa shape index (κ1) is 19.4. The van der Waals surface area contributed by atoms with E-state index in [9.17, 15) is 0 Å². The van der Waals surface area contributed by atoms with Crippen LogP contribution in [0.25, 0.3) is 0 Å². The molecule has 0 unspecified atom stereocenters. The summed E-state index contributed by atoms with van der Waals surface area (Å²) in [6.07, 6.45) is 0. The summed E-state index contributed by atoms with van der Waals surface area (Å²) >= 11 is 0. The summed E-state index contributed by atoms with van der Waals surface area (Å²) in [6.45, 7) is 0. The first-order valence-electron chi connectivity index (χ1n) is 11.2. The van der Waals surface area contributed by atoms with Gasteiger partial charge in [-0.1, -0.05) is 97.1 Å². The van der Waals surface area contributed by atoms with Crippen LogP contribution in [-0.2, 0) is 0 Å². The fourth-order valence-corrected chi connectivity index (χ4v) is 4.67. The van der Waals surface area contributed by atoms with Gasteiger partial charge in [-0.2, -0.15) is 0 Å². The van der Waals surface area contributed by atoms with Gasteiger partial charge in [0, 0.05) is 11.6 Å². The lowest BCUT2D eigenvalue weighted by molar-refractivity contribution is 0.477. The predicted octanol–water partition coefficient (Wildman–Crippen LogP) is 8.44. The number of rotatable bonds is 4. The highest BCUT2D eigenvalue weighted by atomic mass is 16.5. The molecule has 0 amide bonds. The zero-order valence-electron chi connectivity index (χ0n) is 18.1. The highest BCUT2D eigenvalue weighted by molar-refractivity contribution is 5.86. The average Bonchev–Trinajstić information content (AvgIpc) is 2.89. The summed E-state index contributed by atoms with van der Waals surface area (Å²) in [5, 5.41) is 0. The van der Waals surface area contributed by atoms with Crippen molar-refractivity contribution in [2.45, 2.75) is 5.92 Å². The Morgan fingerprint density at radius 1 is 0.424 bits per heavy atom. The maximum Gasteiger partial charge on any atom is 0.151 e. The van der Waals surface area contributed by atoms with Crippen LogP contribution in [0.3, 0.4) is 0 Å². The third-order valence-electron chi connectivity index (χ3n) is 6.18. The molecule has 1 heterocycles. The molecule has 1 aliphatic rings. The molecule has 2 nitrogen and oxygen atoms in total. The lowest BCUT2D eigenvalue weighted by Gasteiger charge is -2.33. The van der Waals surface area contributed by atoms with E-state index in [0.717, 1.165) is 28.6 Å². The molecule has 1 aliphatic heterocycles. The number of fused-ring (bicyclic) bond motifs is 2. The second-order valence-corrected chi connectivity index (χ2v) is 8.22. The molecule has 0 spiro atoms. The Balaban J connectivity index is 1.44. The molecule has 0 radical (unpaired) electrons. The smallest absolute Gasteiger partial charge is 0.151 e. The maximum atomic E-state index is 6.17. The molecule has 5 aromatic carbocycles. The molecule has 0 aliphatic carbocycles. The minimum absolute atomic E-state index is 0.186. The van der Waals surface area contributed by atoms with Gasteiger partial charge < -0.3 is 9.64 Å². The van der Waals surface area contributed by atoms with Gasteiger partial charge in [-0.3, -0.25) is 0 Å². The van der Waals surface area contributed by atoms with Crippen molar-refractivity contribution < 1.29 is 4.74 Å². The minimum atomic E-state index is 0.186. The molecular formula is C31H23NO. The molecule has 2 heteroatoms. The molecule has 0 saturated heterocycles. The molecule has 5 aromatic rings. The van der Waals surface area contributed by atoms with Crippen molar-refractivity contribution in [1.29, 1.82) is 0 Å². The summed E-state index contributed by atoms with van der Waals surface area (Å²) in [6, 6.07) is 46.7. The molecule has 0 saturated carbocycles. The van der Waals surface area contributed by atoms with Gasteiger partial charge >= 0.3 is 0 Å². The monoisotopic (exact) mass is 425 g/mol. The molecule has 0 fully saturated rings. The Morgan fingerprint density at radius 3 is 1.36 bits per heavy atom. The number of hydrogen-bond acceptors (Lipinski definition) is 2. The van der Waals surface area contributed by atoms with Crippen molar-refractivity contribution in [2.75, 3.05) is 4.90 Å². The van der Waals surface area contributed by atoms with E-state index in [-0.39, 0.29) is 5.92 Å². The van der Waals surface area contributed by atoms with Gasteiger partial charge in [0.2, 0.25) is 0 Å². The first-order chi connectivity index (χ1) is 16.4. The van der Waals surface area contributed by atoms with Gasteiger partial charge in [0.1, 0.15) is 0 Å². The van der Waals surface area contributed by atoms with Crippen LogP contribution in [0.1, 0.15) is 22.6 Å². The van der Waals surface area contributed by atoms with E-state index in [2.05, 4.69) is 114 Å². The second kappa shape index (κ2) is 8.33. The number of nitrogens with zero attached hydrogens (tertiary/aromatic N) is 1. The lowest BCUT2D eigenvalue weighted by Crippen LogP contribution is -2.15. The number of benzene rings is 5. The van der Waals surface area contributed by atoms with Crippen LogP contribution in [0.5, 0.6) is 11.5 Å². The van der Waals surface area contributed by atoms with Crippen LogP contribution in [0.2, 0.25) is 0 Å². The van der Waals surface area contributed by atoms with Crippen LogP contribution in [0.15, 0.2) is 133 Å². The van der Waals surface area contributed by atoms with E-state index in [1.54, 1.807) is 0 Å². The third-order valence-corrected chi connectivity index (χ3v) is 6.18. The van der Waals surface area contributed by atoms with Crippen LogP contribution >= 0.6 is 0 Å². The summed E-state index contributed by atoms with van der Waals surface area (Å²) in [5.74, 6) is 1.92. The van der Waals surface area contributed by atoms with Crippen molar-refractivity contribution in [3.05, 3.63) is 150 Å². The zero-order valence-corrected chi connectivity index (χ0v) is 18.1.